The highest BCUT2D eigenvalue weighted by molar-refractivity contribution is 5.32. The van der Waals surface area contributed by atoms with E-state index in [0.29, 0.717) is 6.54 Å². The molecule has 34 heavy (non-hydrogen) atoms. The van der Waals surface area contributed by atoms with Gasteiger partial charge < -0.3 is 9.84 Å². The first-order valence-electron chi connectivity index (χ1n) is 12.1. The average Bonchev–Trinajstić information content (AvgIpc) is 3.31. The highest BCUT2D eigenvalue weighted by Crippen LogP contribution is 2.33. The van der Waals surface area contributed by atoms with Crippen LogP contribution in [0.2, 0.25) is 0 Å². The summed E-state index contributed by atoms with van der Waals surface area (Å²) in [4.78, 5) is 4.77. The molecule has 0 amide bonds. The number of hydrogen-bond donors (Lipinski definition) is 1. The van der Waals surface area contributed by atoms with E-state index in [0.717, 1.165) is 51.0 Å². The highest BCUT2D eigenvalue weighted by Gasteiger charge is 2.31. The standard InChI is InChI=1S/C27H33F3N2O2/c28-27(29,30)34-25-7-3-5-23(17-25)20-32-15-12-21(6-4-16-33)18-26(32)24-10-8-22(9-11-24)19-31-13-1-2-14-31/h3,5,7-11,17-18,26,33H,1-2,4,6,12-16,19-20H2. The molecular formula is C27H33F3N2O2. The van der Waals surface area contributed by atoms with Crippen LogP contribution in [0.15, 0.2) is 60.2 Å². The number of alkyl halides is 3. The number of benzene rings is 2. The van der Waals surface area contributed by atoms with E-state index >= 15 is 0 Å². The molecule has 0 aromatic heterocycles. The predicted molar refractivity (Wildman–Crippen MR) is 126 cm³/mol. The fourth-order valence-corrected chi connectivity index (χ4v) is 4.93. The van der Waals surface area contributed by atoms with Gasteiger partial charge in [-0.3, -0.25) is 9.80 Å². The van der Waals surface area contributed by atoms with Crippen molar-refractivity contribution in [3.63, 3.8) is 0 Å². The molecule has 4 rings (SSSR count). The summed E-state index contributed by atoms with van der Waals surface area (Å²) in [5.41, 5.74) is 4.58. The molecule has 1 saturated heterocycles. The Morgan fingerprint density at radius 2 is 1.71 bits per heavy atom. The van der Waals surface area contributed by atoms with E-state index in [1.165, 1.54) is 41.7 Å². The van der Waals surface area contributed by atoms with E-state index in [1.807, 2.05) is 6.07 Å². The summed E-state index contributed by atoms with van der Waals surface area (Å²) in [7, 11) is 0. The summed E-state index contributed by atoms with van der Waals surface area (Å²) >= 11 is 0. The minimum atomic E-state index is -4.70. The molecule has 2 aromatic carbocycles. The van der Waals surface area contributed by atoms with Gasteiger partial charge in [0.1, 0.15) is 5.75 Å². The molecule has 1 N–H and O–H groups in total. The number of aliphatic hydroxyl groups is 1. The zero-order valence-corrected chi connectivity index (χ0v) is 19.4. The van der Waals surface area contributed by atoms with E-state index in [4.69, 9.17) is 0 Å². The van der Waals surface area contributed by atoms with Gasteiger partial charge in [0, 0.05) is 26.2 Å². The fourth-order valence-electron chi connectivity index (χ4n) is 4.93. The molecule has 0 radical (unpaired) electrons. The Morgan fingerprint density at radius 3 is 2.41 bits per heavy atom. The number of ether oxygens (including phenoxy) is 1. The van der Waals surface area contributed by atoms with Crippen molar-refractivity contribution >= 4 is 0 Å². The van der Waals surface area contributed by atoms with E-state index in [9.17, 15) is 18.3 Å². The maximum Gasteiger partial charge on any atom is 0.573 e. The lowest BCUT2D eigenvalue weighted by Gasteiger charge is -2.35. The van der Waals surface area contributed by atoms with Gasteiger partial charge in [0.15, 0.2) is 0 Å². The third kappa shape index (κ3) is 7.08. The van der Waals surface area contributed by atoms with Crippen molar-refractivity contribution in [1.82, 2.24) is 9.80 Å². The molecule has 1 fully saturated rings. The van der Waals surface area contributed by atoms with E-state index < -0.39 is 6.36 Å². The molecular weight excluding hydrogens is 441 g/mol. The third-order valence-electron chi connectivity index (χ3n) is 6.61. The lowest BCUT2D eigenvalue weighted by Crippen LogP contribution is -2.32. The summed E-state index contributed by atoms with van der Waals surface area (Å²) in [6.45, 7) is 4.79. The number of rotatable bonds is 9. The van der Waals surface area contributed by atoms with Crippen LogP contribution in [0.25, 0.3) is 0 Å². The van der Waals surface area contributed by atoms with Crippen LogP contribution in [0.3, 0.4) is 0 Å². The van der Waals surface area contributed by atoms with Gasteiger partial charge in [-0.1, -0.05) is 48.0 Å². The Labute approximate surface area is 199 Å². The van der Waals surface area contributed by atoms with Gasteiger partial charge in [0.05, 0.1) is 6.04 Å². The zero-order valence-electron chi connectivity index (χ0n) is 19.4. The third-order valence-corrected chi connectivity index (χ3v) is 6.61. The van der Waals surface area contributed by atoms with Crippen LogP contribution in [0, 0.1) is 0 Å². The molecule has 7 heteroatoms. The molecule has 2 aliphatic rings. The van der Waals surface area contributed by atoms with Crippen molar-refractivity contribution in [2.75, 3.05) is 26.2 Å². The van der Waals surface area contributed by atoms with Crippen molar-refractivity contribution in [3.8, 4) is 5.75 Å². The maximum atomic E-state index is 12.7. The smallest absolute Gasteiger partial charge is 0.406 e. The number of likely N-dealkylation sites (tertiary alicyclic amines) is 1. The second-order valence-electron chi connectivity index (χ2n) is 9.24. The molecule has 0 spiro atoms. The molecule has 1 atom stereocenters. The van der Waals surface area contributed by atoms with Crippen LogP contribution in [0.4, 0.5) is 13.2 Å². The van der Waals surface area contributed by atoms with E-state index in [1.54, 1.807) is 6.07 Å². The zero-order chi connectivity index (χ0) is 24.0. The Hall–Kier alpha value is -2.35. The van der Waals surface area contributed by atoms with Crippen molar-refractivity contribution in [2.24, 2.45) is 0 Å². The van der Waals surface area contributed by atoms with Crippen LogP contribution in [-0.2, 0) is 13.1 Å². The van der Waals surface area contributed by atoms with Crippen molar-refractivity contribution in [2.45, 2.75) is 57.6 Å². The van der Waals surface area contributed by atoms with Crippen molar-refractivity contribution < 1.29 is 23.0 Å². The molecule has 0 bridgehead atoms. The molecule has 2 heterocycles. The fraction of sp³-hybridized carbons (Fsp3) is 0.481. The minimum Gasteiger partial charge on any atom is -0.406 e. The van der Waals surface area contributed by atoms with Gasteiger partial charge in [0.2, 0.25) is 0 Å². The highest BCUT2D eigenvalue weighted by atomic mass is 19.4. The van der Waals surface area contributed by atoms with Gasteiger partial charge in [-0.25, -0.2) is 0 Å². The summed E-state index contributed by atoms with van der Waals surface area (Å²) in [6, 6.07) is 15.0. The van der Waals surface area contributed by atoms with Crippen LogP contribution < -0.4 is 4.74 Å². The van der Waals surface area contributed by atoms with Crippen LogP contribution in [0.5, 0.6) is 5.75 Å². The Morgan fingerprint density at radius 1 is 0.941 bits per heavy atom. The Bertz CT molecular complexity index is 953. The van der Waals surface area contributed by atoms with Gasteiger partial charge in [-0.05, 0) is 74.0 Å². The van der Waals surface area contributed by atoms with Crippen molar-refractivity contribution in [3.05, 3.63) is 76.9 Å². The number of hydrogen-bond acceptors (Lipinski definition) is 4. The normalized spacial score (nSPS) is 19.9. The molecule has 0 saturated carbocycles. The van der Waals surface area contributed by atoms with Crippen LogP contribution in [-0.4, -0.2) is 47.5 Å². The Kier molecular flexibility index (Phi) is 8.29. The van der Waals surface area contributed by atoms with Crippen molar-refractivity contribution in [1.29, 1.82) is 0 Å². The number of aliphatic hydroxyl groups excluding tert-OH is 1. The first-order chi connectivity index (χ1) is 16.4. The molecule has 1 unspecified atom stereocenters. The number of halogens is 3. The average molecular weight is 475 g/mol. The summed E-state index contributed by atoms with van der Waals surface area (Å²) in [5, 5.41) is 9.25. The molecule has 2 aliphatic heterocycles. The quantitative estimate of drug-likeness (QED) is 0.464. The summed E-state index contributed by atoms with van der Waals surface area (Å²) < 4.78 is 42.1. The first kappa shape index (κ1) is 24.8. The second-order valence-corrected chi connectivity index (χ2v) is 9.24. The van der Waals surface area contributed by atoms with Gasteiger partial charge >= 0.3 is 6.36 Å². The van der Waals surface area contributed by atoms with E-state index in [2.05, 4.69) is 44.9 Å². The lowest BCUT2D eigenvalue weighted by molar-refractivity contribution is -0.274. The van der Waals surface area contributed by atoms with Gasteiger partial charge in [-0.2, -0.15) is 0 Å². The molecule has 4 nitrogen and oxygen atoms in total. The largest absolute Gasteiger partial charge is 0.573 e. The minimum absolute atomic E-state index is 0.0375. The topological polar surface area (TPSA) is 35.9 Å². The van der Waals surface area contributed by atoms with Gasteiger partial charge in [0.25, 0.3) is 0 Å². The van der Waals surface area contributed by atoms with Crippen LogP contribution in [0.1, 0.15) is 54.8 Å². The molecule has 184 valence electrons. The van der Waals surface area contributed by atoms with Crippen LogP contribution >= 0.6 is 0 Å². The number of nitrogens with zero attached hydrogens (tertiary/aromatic N) is 2. The first-order valence-corrected chi connectivity index (χ1v) is 12.1. The summed E-state index contributed by atoms with van der Waals surface area (Å²) in [5.74, 6) is -0.191. The second kappa shape index (κ2) is 11.4. The molecule has 2 aromatic rings. The Balaban J connectivity index is 1.51. The predicted octanol–water partition coefficient (Wildman–Crippen LogP) is 5.83. The monoisotopic (exact) mass is 474 g/mol. The van der Waals surface area contributed by atoms with Gasteiger partial charge in [-0.15, -0.1) is 13.2 Å². The molecule has 0 aliphatic carbocycles. The summed E-state index contributed by atoms with van der Waals surface area (Å²) in [6.07, 6.45) is 2.60. The van der Waals surface area contributed by atoms with E-state index in [-0.39, 0.29) is 18.4 Å². The SMILES string of the molecule is OCCCC1=CC(c2ccc(CN3CCCC3)cc2)N(Cc2cccc(OC(F)(F)F)c2)CC1. The lowest BCUT2D eigenvalue weighted by atomic mass is 9.93. The maximum absolute atomic E-state index is 12.7.